The molecule has 1 aliphatic rings. The van der Waals surface area contributed by atoms with Gasteiger partial charge >= 0.3 is 0 Å². The number of fused-ring (bicyclic) bond motifs is 1. The molecule has 0 saturated heterocycles. The van der Waals surface area contributed by atoms with Gasteiger partial charge in [0.2, 0.25) is 0 Å². The van der Waals surface area contributed by atoms with Crippen molar-refractivity contribution in [3.63, 3.8) is 0 Å². The van der Waals surface area contributed by atoms with Crippen molar-refractivity contribution in [3.8, 4) is 0 Å². The third-order valence-electron chi connectivity index (χ3n) is 3.84. The van der Waals surface area contributed by atoms with Gasteiger partial charge in [0.05, 0.1) is 0 Å². The van der Waals surface area contributed by atoms with Gasteiger partial charge < -0.3 is 0 Å². The molecule has 0 atom stereocenters. The van der Waals surface area contributed by atoms with Crippen LogP contribution in [0, 0.1) is 0 Å². The van der Waals surface area contributed by atoms with Crippen molar-refractivity contribution in [3.05, 3.63) is 59.2 Å². The summed E-state index contributed by atoms with van der Waals surface area (Å²) in [6, 6.07) is 15.4. The molecule has 2 aromatic rings. The highest BCUT2D eigenvalue weighted by Gasteiger charge is 2.11. The predicted octanol–water partition coefficient (Wildman–Crippen LogP) is 4.88. The van der Waals surface area contributed by atoms with Crippen LogP contribution in [-0.4, -0.2) is 0 Å². The molecule has 1 saturated carbocycles. The van der Waals surface area contributed by atoms with Gasteiger partial charge in [0.25, 0.3) is 0 Å². The van der Waals surface area contributed by atoms with E-state index in [1.165, 1.54) is 35.6 Å². The summed E-state index contributed by atoms with van der Waals surface area (Å²) < 4.78 is 0. The van der Waals surface area contributed by atoms with Crippen molar-refractivity contribution in [2.75, 3.05) is 0 Å². The summed E-state index contributed by atoms with van der Waals surface area (Å²) in [5.74, 6) is 0. The summed E-state index contributed by atoms with van der Waals surface area (Å²) in [5, 5.41) is 2.70. The van der Waals surface area contributed by atoms with Crippen molar-refractivity contribution in [1.29, 1.82) is 0 Å². The molecule has 0 radical (unpaired) electrons. The largest absolute Gasteiger partial charge is 0.0709 e. The average molecular weight is 222 g/mol. The molecule has 17 heavy (non-hydrogen) atoms. The van der Waals surface area contributed by atoms with Crippen LogP contribution in [0.1, 0.15) is 31.7 Å². The third kappa shape index (κ3) is 2.12. The lowest BCUT2D eigenvalue weighted by Gasteiger charge is -2.20. The van der Waals surface area contributed by atoms with E-state index in [4.69, 9.17) is 0 Å². The Kier molecular flexibility index (Phi) is 2.72. The van der Waals surface area contributed by atoms with Gasteiger partial charge in [-0.1, -0.05) is 53.6 Å². The zero-order valence-electron chi connectivity index (χ0n) is 10.4. The van der Waals surface area contributed by atoms with Crippen LogP contribution in [0.3, 0.4) is 0 Å². The molecule has 86 valence electrons. The molecule has 0 unspecified atom stereocenters. The number of allylic oxidation sites excluding steroid dienone is 2. The fourth-order valence-corrected chi connectivity index (χ4v) is 2.56. The molecule has 0 amide bonds. The Balaban J connectivity index is 1.90. The molecule has 0 nitrogen and oxygen atoms in total. The fraction of sp³-hybridized carbons (Fsp3) is 0.294. The van der Waals surface area contributed by atoms with Gasteiger partial charge in [-0.3, -0.25) is 0 Å². The zero-order valence-corrected chi connectivity index (χ0v) is 10.4. The predicted molar refractivity (Wildman–Crippen MR) is 74.2 cm³/mol. The lowest BCUT2D eigenvalue weighted by molar-refractivity contribution is 0.646. The molecule has 0 heterocycles. The highest BCUT2D eigenvalue weighted by Crippen LogP contribution is 2.30. The van der Waals surface area contributed by atoms with E-state index in [9.17, 15) is 0 Å². The van der Waals surface area contributed by atoms with E-state index in [1.807, 2.05) is 0 Å². The maximum atomic E-state index is 2.33. The van der Waals surface area contributed by atoms with Crippen molar-refractivity contribution >= 4 is 10.8 Å². The highest BCUT2D eigenvalue weighted by atomic mass is 14.2. The topological polar surface area (TPSA) is 0 Å². The summed E-state index contributed by atoms with van der Waals surface area (Å²) >= 11 is 0. The first-order chi connectivity index (χ1) is 8.33. The van der Waals surface area contributed by atoms with E-state index < -0.39 is 0 Å². The van der Waals surface area contributed by atoms with Crippen LogP contribution in [0.4, 0.5) is 0 Å². The molecule has 1 aliphatic carbocycles. The molecule has 0 spiro atoms. The second-order valence-electron chi connectivity index (χ2n) is 5.10. The second-order valence-corrected chi connectivity index (χ2v) is 5.10. The molecular weight excluding hydrogens is 204 g/mol. The van der Waals surface area contributed by atoms with Gasteiger partial charge in [0, 0.05) is 0 Å². The van der Waals surface area contributed by atoms with Gasteiger partial charge in [-0.25, -0.2) is 0 Å². The molecule has 0 N–H and O–H groups in total. The number of hydrogen-bond donors (Lipinski definition) is 0. The van der Waals surface area contributed by atoms with E-state index in [0.717, 1.165) is 6.42 Å². The van der Waals surface area contributed by atoms with E-state index in [1.54, 1.807) is 11.1 Å². The maximum absolute atomic E-state index is 2.33. The van der Waals surface area contributed by atoms with Crippen LogP contribution in [0.25, 0.3) is 10.8 Å². The molecule has 0 bridgehead atoms. The van der Waals surface area contributed by atoms with Crippen LogP contribution in [0.5, 0.6) is 0 Å². The summed E-state index contributed by atoms with van der Waals surface area (Å²) in [4.78, 5) is 0. The third-order valence-corrected chi connectivity index (χ3v) is 3.84. The van der Waals surface area contributed by atoms with Crippen molar-refractivity contribution in [1.82, 2.24) is 0 Å². The fourth-order valence-electron chi connectivity index (χ4n) is 2.56. The first-order valence-electron chi connectivity index (χ1n) is 6.48. The van der Waals surface area contributed by atoms with Gasteiger partial charge in [-0.05, 0) is 48.9 Å². The standard InChI is InChI=1S/C17H18/c1-13(15-7-4-8-15)11-14-9-10-16-5-2-3-6-17(16)12-14/h2-3,5-6,9-10,12H,4,7-8,11H2,1H3. The first kappa shape index (κ1) is 10.6. The first-order valence-corrected chi connectivity index (χ1v) is 6.48. The monoisotopic (exact) mass is 222 g/mol. The minimum atomic E-state index is 1.13. The number of rotatable bonds is 2. The van der Waals surface area contributed by atoms with E-state index >= 15 is 0 Å². The Morgan fingerprint density at radius 3 is 2.47 bits per heavy atom. The Bertz CT molecular complexity index is 569. The van der Waals surface area contributed by atoms with Crippen LogP contribution in [-0.2, 0) is 6.42 Å². The lowest BCUT2D eigenvalue weighted by Crippen LogP contribution is -2.02. The van der Waals surface area contributed by atoms with Gasteiger partial charge in [0.15, 0.2) is 0 Å². The Labute approximate surface area is 103 Å². The normalized spacial score (nSPS) is 14.8. The number of hydrogen-bond acceptors (Lipinski definition) is 0. The van der Waals surface area contributed by atoms with Gasteiger partial charge in [-0.2, -0.15) is 0 Å². The minimum absolute atomic E-state index is 1.13. The van der Waals surface area contributed by atoms with Crippen molar-refractivity contribution in [2.24, 2.45) is 0 Å². The molecule has 2 aromatic carbocycles. The van der Waals surface area contributed by atoms with Crippen LogP contribution >= 0.6 is 0 Å². The van der Waals surface area contributed by atoms with Crippen molar-refractivity contribution < 1.29 is 0 Å². The van der Waals surface area contributed by atoms with E-state index in [2.05, 4.69) is 49.4 Å². The SMILES string of the molecule is CC(Cc1ccc2ccccc2c1)=C1CCC1. The average Bonchev–Trinajstić information content (AvgIpc) is 2.26. The van der Waals surface area contributed by atoms with Crippen LogP contribution < -0.4 is 0 Å². The summed E-state index contributed by atoms with van der Waals surface area (Å²) in [6.07, 6.45) is 5.18. The molecule has 0 aliphatic heterocycles. The van der Waals surface area contributed by atoms with Crippen molar-refractivity contribution in [2.45, 2.75) is 32.6 Å². The second kappa shape index (κ2) is 4.37. The highest BCUT2D eigenvalue weighted by molar-refractivity contribution is 5.83. The minimum Gasteiger partial charge on any atom is -0.0709 e. The van der Waals surface area contributed by atoms with E-state index in [0.29, 0.717) is 0 Å². The summed E-state index contributed by atoms with van der Waals surface area (Å²) in [6.45, 7) is 2.30. The van der Waals surface area contributed by atoms with Gasteiger partial charge in [-0.15, -0.1) is 0 Å². The molecule has 3 rings (SSSR count). The maximum Gasteiger partial charge on any atom is -0.00670 e. The smallest absolute Gasteiger partial charge is 0.00670 e. The molecule has 1 fully saturated rings. The Morgan fingerprint density at radius 1 is 1.00 bits per heavy atom. The zero-order chi connectivity index (χ0) is 11.7. The Hall–Kier alpha value is -1.56. The summed E-state index contributed by atoms with van der Waals surface area (Å²) in [5.41, 5.74) is 4.73. The van der Waals surface area contributed by atoms with E-state index in [-0.39, 0.29) is 0 Å². The lowest BCUT2D eigenvalue weighted by atomic mass is 9.86. The molecule has 0 heteroatoms. The Morgan fingerprint density at radius 2 is 1.76 bits per heavy atom. The van der Waals surface area contributed by atoms with Crippen LogP contribution in [0.2, 0.25) is 0 Å². The molecule has 0 aromatic heterocycles. The van der Waals surface area contributed by atoms with Gasteiger partial charge in [0.1, 0.15) is 0 Å². The quantitative estimate of drug-likeness (QED) is 0.635. The van der Waals surface area contributed by atoms with Crippen LogP contribution in [0.15, 0.2) is 53.6 Å². The summed E-state index contributed by atoms with van der Waals surface area (Å²) in [7, 11) is 0. The molecular formula is C17H18. The number of benzene rings is 2.